The maximum atomic E-state index is 12.7. The van der Waals surface area contributed by atoms with Gasteiger partial charge in [0.05, 0.1) is 5.56 Å². The van der Waals surface area contributed by atoms with Gasteiger partial charge in [-0.05, 0) is 35.2 Å². The van der Waals surface area contributed by atoms with Crippen LogP contribution in [0.1, 0.15) is 35.3 Å². The minimum atomic E-state index is -4.40. The van der Waals surface area contributed by atoms with E-state index in [2.05, 4.69) is 0 Å². The predicted octanol–water partition coefficient (Wildman–Crippen LogP) is 4.35. The van der Waals surface area contributed by atoms with Crippen molar-refractivity contribution in [1.29, 1.82) is 0 Å². The molecule has 0 saturated carbocycles. The topological polar surface area (TPSA) is 20.2 Å². The van der Waals surface area contributed by atoms with Crippen LogP contribution in [-0.2, 0) is 12.6 Å². The minimum Gasteiger partial charge on any atom is -0.384 e. The van der Waals surface area contributed by atoms with Crippen molar-refractivity contribution in [2.45, 2.75) is 25.6 Å². The van der Waals surface area contributed by atoms with Gasteiger partial charge in [0.15, 0.2) is 0 Å². The van der Waals surface area contributed by atoms with E-state index in [0.29, 0.717) is 5.56 Å². The third-order valence-electron chi connectivity index (χ3n) is 3.23. The number of benzene rings is 2. The number of halogens is 3. The van der Waals surface area contributed by atoms with Crippen LogP contribution in [0.15, 0.2) is 48.5 Å². The predicted molar refractivity (Wildman–Crippen MR) is 71.3 cm³/mol. The van der Waals surface area contributed by atoms with Crippen LogP contribution in [0.25, 0.3) is 0 Å². The zero-order valence-electron chi connectivity index (χ0n) is 11.0. The molecule has 2 aromatic carbocycles. The third kappa shape index (κ3) is 3.20. The Bertz CT molecular complexity index is 573. The van der Waals surface area contributed by atoms with Gasteiger partial charge in [-0.25, -0.2) is 0 Å². The van der Waals surface area contributed by atoms with E-state index in [1.165, 1.54) is 12.1 Å². The van der Waals surface area contributed by atoms with Gasteiger partial charge in [-0.3, -0.25) is 0 Å². The number of aryl methyl sites for hydroxylation is 1. The van der Waals surface area contributed by atoms with E-state index in [-0.39, 0.29) is 5.56 Å². The maximum Gasteiger partial charge on any atom is 0.416 e. The first-order chi connectivity index (χ1) is 9.41. The Morgan fingerprint density at radius 2 is 1.65 bits per heavy atom. The van der Waals surface area contributed by atoms with Crippen molar-refractivity contribution in [2.75, 3.05) is 0 Å². The number of aliphatic hydroxyl groups is 1. The number of hydrogen-bond donors (Lipinski definition) is 1. The normalized spacial score (nSPS) is 13.2. The zero-order valence-corrected chi connectivity index (χ0v) is 11.0. The van der Waals surface area contributed by atoms with Crippen molar-refractivity contribution < 1.29 is 18.3 Å². The molecule has 0 amide bonds. The molecule has 1 N–H and O–H groups in total. The van der Waals surface area contributed by atoms with Crippen LogP contribution in [0.5, 0.6) is 0 Å². The molecule has 0 bridgehead atoms. The Hall–Kier alpha value is -1.81. The fraction of sp³-hybridized carbons (Fsp3) is 0.250. The highest BCUT2D eigenvalue weighted by Gasteiger charge is 2.30. The average molecular weight is 280 g/mol. The monoisotopic (exact) mass is 280 g/mol. The summed E-state index contributed by atoms with van der Waals surface area (Å²) in [7, 11) is 0. The van der Waals surface area contributed by atoms with Crippen LogP contribution in [0.4, 0.5) is 13.2 Å². The summed E-state index contributed by atoms with van der Waals surface area (Å²) in [6.07, 6.45) is -4.58. The molecule has 0 saturated heterocycles. The molecule has 0 aliphatic carbocycles. The molecule has 0 aromatic heterocycles. The summed E-state index contributed by atoms with van der Waals surface area (Å²) in [5, 5.41) is 10.2. The molecule has 0 aliphatic heterocycles. The molecule has 0 aliphatic rings. The highest BCUT2D eigenvalue weighted by atomic mass is 19.4. The second-order valence-electron chi connectivity index (χ2n) is 4.62. The molecular weight excluding hydrogens is 265 g/mol. The molecule has 1 nitrogen and oxygen atoms in total. The first-order valence-corrected chi connectivity index (χ1v) is 6.36. The van der Waals surface area contributed by atoms with Crippen molar-refractivity contribution in [3.63, 3.8) is 0 Å². The van der Waals surface area contributed by atoms with Gasteiger partial charge in [-0.1, -0.05) is 43.3 Å². The lowest BCUT2D eigenvalue weighted by atomic mass is 9.98. The van der Waals surface area contributed by atoms with Crippen LogP contribution in [-0.4, -0.2) is 5.11 Å². The van der Waals surface area contributed by atoms with E-state index < -0.39 is 17.8 Å². The van der Waals surface area contributed by atoms with E-state index in [4.69, 9.17) is 0 Å². The van der Waals surface area contributed by atoms with Crippen LogP contribution in [0, 0.1) is 0 Å². The fourth-order valence-electron chi connectivity index (χ4n) is 2.01. The zero-order chi connectivity index (χ0) is 14.8. The highest BCUT2D eigenvalue weighted by molar-refractivity contribution is 5.34. The number of alkyl halides is 3. The lowest BCUT2D eigenvalue weighted by molar-refractivity contribution is -0.137. The average Bonchev–Trinajstić information content (AvgIpc) is 2.46. The van der Waals surface area contributed by atoms with Gasteiger partial charge in [-0.15, -0.1) is 0 Å². The summed E-state index contributed by atoms with van der Waals surface area (Å²) in [6, 6.07) is 12.0. The van der Waals surface area contributed by atoms with E-state index in [1.807, 2.05) is 19.1 Å². The standard InChI is InChI=1S/C16H15F3O/c1-2-11-6-8-12(9-7-11)15(20)13-4-3-5-14(10-13)16(17,18)19/h3-10,15,20H,2H2,1H3. The summed E-state index contributed by atoms with van der Waals surface area (Å²) in [5.41, 5.74) is 1.19. The Balaban J connectivity index is 2.30. The second kappa shape index (κ2) is 5.67. The number of rotatable bonds is 3. The number of aliphatic hydroxyl groups excluding tert-OH is 1. The summed E-state index contributed by atoms with van der Waals surface area (Å²) < 4.78 is 38.0. The third-order valence-corrected chi connectivity index (χ3v) is 3.23. The highest BCUT2D eigenvalue weighted by Crippen LogP contribution is 2.32. The largest absolute Gasteiger partial charge is 0.416 e. The fourth-order valence-corrected chi connectivity index (χ4v) is 2.01. The Kier molecular flexibility index (Phi) is 4.14. The van der Waals surface area contributed by atoms with Gasteiger partial charge in [0.25, 0.3) is 0 Å². The van der Waals surface area contributed by atoms with Crippen molar-refractivity contribution >= 4 is 0 Å². The molecule has 1 atom stereocenters. The molecular formula is C16H15F3O. The SMILES string of the molecule is CCc1ccc(C(O)c2cccc(C(F)(F)F)c2)cc1. The second-order valence-corrected chi connectivity index (χ2v) is 4.62. The van der Waals surface area contributed by atoms with Crippen LogP contribution in [0.2, 0.25) is 0 Å². The van der Waals surface area contributed by atoms with Gasteiger partial charge >= 0.3 is 6.18 Å². The van der Waals surface area contributed by atoms with Gasteiger partial charge in [0.2, 0.25) is 0 Å². The number of hydrogen-bond acceptors (Lipinski definition) is 1. The molecule has 1 unspecified atom stereocenters. The molecule has 0 spiro atoms. The van der Waals surface area contributed by atoms with Crippen molar-refractivity contribution in [1.82, 2.24) is 0 Å². The lowest BCUT2D eigenvalue weighted by Gasteiger charge is -2.14. The quantitative estimate of drug-likeness (QED) is 0.886. The van der Waals surface area contributed by atoms with Crippen LogP contribution >= 0.6 is 0 Å². The lowest BCUT2D eigenvalue weighted by Crippen LogP contribution is -2.07. The summed E-state index contributed by atoms with van der Waals surface area (Å²) >= 11 is 0. The first-order valence-electron chi connectivity index (χ1n) is 6.36. The molecule has 0 radical (unpaired) electrons. The van der Waals surface area contributed by atoms with E-state index in [0.717, 1.165) is 24.1 Å². The van der Waals surface area contributed by atoms with Gasteiger partial charge in [0.1, 0.15) is 6.10 Å². The van der Waals surface area contributed by atoms with Crippen molar-refractivity contribution in [3.8, 4) is 0 Å². The molecule has 2 rings (SSSR count). The Morgan fingerprint density at radius 1 is 1.00 bits per heavy atom. The molecule has 4 heteroatoms. The smallest absolute Gasteiger partial charge is 0.384 e. The first kappa shape index (κ1) is 14.6. The van der Waals surface area contributed by atoms with Gasteiger partial charge in [-0.2, -0.15) is 13.2 Å². The van der Waals surface area contributed by atoms with E-state index in [9.17, 15) is 18.3 Å². The molecule has 0 heterocycles. The minimum absolute atomic E-state index is 0.240. The molecule has 106 valence electrons. The maximum absolute atomic E-state index is 12.7. The Morgan fingerprint density at radius 3 is 2.20 bits per heavy atom. The summed E-state index contributed by atoms with van der Waals surface area (Å²) in [4.78, 5) is 0. The van der Waals surface area contributed by atoms with Crippen LogP contribution in [0.3, 0.4) is 0 Å². The molecule has 0 fully saturated rings. The van der Waals surface area contributed by atoms with Gasteiger partial charge < -0.3 is 5.11 Å². The molecule has 2 aromatic rings. The van der Waals surface area contributed by atoms with Gasteiger partial charge in [0, 0.05) is 0 Å². The van der Waals surface area contributed by atoms with E-state index >= 15 is 0 Å². The van der Waals surface area contributed by atoms with Crippen LogP contribution < -0.4 is 0 Å². The van der Waals surface area contributed by atoms with Crippen molar-refractivity contribution in [3.05, 3.63) is 70.8 Å². The summed E-state index contributed by atoms with van der Waals surface area (Å²) in [5.74, 6) is 0. The van der Waals surface area contributed by atoms with Crippen molar-refractivity contribution in [2.24, 2.45) is 0 Å². The summed E-state index contributed by atoms with van der Waals surface area (Å²) in [6.45, 7) is 2.01. The molecule has 20 heavy (non-hydrogen) atoms. The van der Waals surface area contributed by atoms with E-state index in [1.54, 1.807) is 12.1 Å². The Labute approximate surface area is 115 Å².